The standard InChI is InChI=1S/C19H19N3O2/c20-14-16-8-10-17(11-9-16)22-19(24)13-18(23)21-12-4-7-15-5-2-1-3-6-15/h1-3,5-6,8-11H,4,7,12-13H2,(H,21,23)(H,22,24). The van der Waals surface area contributed by atoms with E-state index in [1.807, 2.05) is 36.4 Å². The van der Waals surface area contributed by atoms with Crippen LogP contribution in [0.1, 0.15) is 24.0 Å². The first-order valence-electron chi connectivity index (χ1n) is 7.78. The molecule has 0 saturated heterocycles. The Morgan fingerprint density at radius 3 is 2.33 bits per heavy atom. The molecule has 0 aromatic heterocycles. The Balaban J connectivity index is 1.66. The summed E-state index contributed by atoms with van der Waals surface area (Å²) in [6, 6.07) is 18.5. The summed E-state index contributed by atoms with van der Waals surface area (Å²) in [5, 5.41) is 14.1. The minimum Gasteiger partial charge on any atom is -0.356 e. The molecule has 0 spiro atoms. The molecule has 0 saturated carbocycles. The number of amides is 2. The molecule has 0 heterocycles. The molecule has 0 aliphatic rings. The molecular weight excluding hydrogens is 302 g/mol. The van der Waals surface area contributed by atoms with Crippen LogP contribution in [0.3, 0.4) is 0 Å². The van der Waals surface area contributed by atoms with Crippen molar-refractivity contribution in [2.45, 2.75) is 19.3 Å². The highest BCUT2D eigenvalue weighted by molar-refractivity contribution is 6.03. The number of benzene rings is 2. The third-order valence-electron chi connectivity index (χ3n) is 3.43. The number of hydrogen-bond acceptors (Lipinski definition) is 3. The fourth-order valence-electron chi connectivity index (χ4n) is 2.21. The fraction of sp³-hybridized carbons (Fsp3) is 0.211. The van der Waals surface area contributed by atoms with Gasteiger partial charge in [-0.2, -0.15) is 5.26 Å². The highest BCUT2D eigenvalue weighted by Gasteiger charge is 2.09. The van der Waals surface area contributed by atoms with E-state index in [9.17, 15) is 9.59 Å². The number of aryl methyl sites for hydroxylation is 1. The van der Waals surface area contributed by atoms with Gasteiger partial charge in [0.15, 0.2) is 0 Å². The van der Waals surface area contributed by atoms with E-state index in [2.05, 4.69) is 10.6 Å². The third-order valence-corrected chi connectivity index (χ3v) is 3.43. The van der Waals surface area contributed by atoms with E-state index in [0.717, 1.165) is 12.8 Å². The topological polar surface area (TPSA) is 82.0 Å². The lowest BCUT2D eigenvalue weighted by Crippen LogP contribution is -2.29. The van der Waals surface area contributed by atoms with Crippen molar-refractivity contribution in [3.8, 4) is 6.07 Å². The highest BCUT2D eigenvalue weighted by Crippen LogP contribution is 2.09. The van der Waals surface area contributed by atoms with E-state index >= 15 is 0 Å². The van der Waals surface area contributed by atoms with Gasteiger partial charge in [-0.1, -0.05) is 30.3 Å². The van der Waals surface area contributed by atoms with Crippen molar-refractivity contribution in [2.75, 3.05) is 11.9 Å². The summed E-state index contributed by atoms with van der Waals surface area (Å²) in [5.41, 5.74) is 2.31. The zero-order valence-corrected chi connectivity index (χ0v) is 13.3. The number of hydrogen-bond donors (Lipinski definition) is 2. The van der Waals surface area contributed by atoms with Crippen LogP contribution in [-0.2, 0) is 16.0 Å². The van der Waals surface area contributed by atoms with Crippen molar-refractivity contribution < 1.29 is 9.59 Å². The van der Waals surface area contributed by atoms with Gasteiger partial charge in [0.1, 0.15) is 6.42 Å². The van der Waals surface area contributed by atoms with Gasteiger partial charge in [-0.25, -0.2) is 0 Å². The van der Waals surface area contributed by atoms with Crippen LogP contribution in [0.4, 0.5) is 5.69 Å². The normalized spacial score (nSPS) is 9.79. The number of nitrogens with zero attached hydrogens (tertiary/aromatic N) is 1. The van der Waals surface area contributed by atoms with E-state index in [4.69, 9.17) is 5.26 Å². The lowest BCUT2D eigenvalue weighted by Gasteiger charge is -2.07. The first-order chi connectivity index (χ1) is 11.7. The van der Waals surface area contributed by atoms with E-state index in [0.29, 0.717) is 17.8 Å². The van der Waals surface area contributed by atoms with E-state index in [1.54, 1.807) is 24.3 Å². The van der Waals surface area contributed by atoms with Gasteiger partial charge in [0, 0.05) is 12.2 Å². The van der Waals surface area contributed by atoms with E-state index in [1.165, 1.54) is 5.56 Å². The zero-order valence-electron chi connectivity index (χ0n) is 13.3. The average Bonchev–Trinajstić information content (AvgIpc) is 2.60. The van der Waals surface area contributed by atoms with Gasteiger partial charge in [0.05, 0.1) is 11.6 Å². The molecule has 0 radical (unpaired) electrons. The van der Waals surface area contributed by atoms with Crippen LogP contribution >= 0.6 is 0 Å². The van der Waals surface area contributed by atoms with Crippen molar-refractivity contribution in [3.63, 3.8) is 0 Å². The molecule has 0 unspecified atom stereocenters. The number of nitriles is 1. The Morgan fingerprint density at radius 2 is 1.67 bits per heavy atom. The quantitative estimate of drug-likeness (QED) is 0.607. The smallest absolute Gasteiger partial charge is 0.233 e. The first kappa shape index (κ1) is 17.2. The van der Waals surface area contributed by atoms with Gasteiger partial charge in [0.25, 0.3) is 0 Å². The SMILES string of the molecule is N#Cc1ccc(NC(=O)CC(=O)NCCCc2ccccc2)cc1. The summed E-state index contributed by atoms with van der Waals surface area (Å²) in [6.45, 7) is 0.540. The predicted molar refractivity (Wildman–Crippen MR) is 92.2 cm³/mol. The summed E-state index contributed by atoms with van der Waals surface area (Å²) < 4.78 is 0. The second-order valence-corrected chi connectivity index (χ2v) is 5.35. The highest BCUT2D eigenvalue weighted by atomic mass is 16.2. The first-order valence-corrected chi connectivity index (χ1v) is 7.78. The van der Waals surface area contributed by atoms with Crippen molar-refractivity contribution in [1.29, 1.82) is 5.26 Å². The van der Waals surface area contributed by atoms with Crippen LogP contribution in [0.25, 0.3) is 0 Å². The van der Waals surface area contributed by atoms with Crippen LogP contribution in [0.5, 0.6) is 0 Å². The minimum atomic E-state index is -0.375. The number of carbonyl (C=O) groups is 2. The minimum absolute atomic E-state index is 0.217. The van der Waals surface area contributed by atoms with Crippen LogP contribution < -0.4 is 10.6 Å². The molecule has 2 N–H and O–H groups in total. The largest absolute Gasteiger partial charge is 0.356 e. The summed E-state index contributed by atoms with van der Waals surface area (Å²) in [4.78, 5) is 23.5. The van der Waals surface area contributed by atoms with Crippen LogP contribution in [-0.4, -0.2) is 18.4 Å². The summed E-state index contributed by atoms with van der Waals surface area (Å²) in [6.07, 6.45) is 1.50. The second-order valence-electron chi connectivity index (χ2n) is 5.35. The summed E-state index contributed by atoms with van der Waals surface area (Å²) in [5.74, 6) is -0.672. The maximum absolute atomic E-state index is 11.8. The van der Waals surface area contributed by atoms with Gasteiger partial charge in [-0.15, -0.1) is 0 Å². The molecule has 0 atom stereocenters. The molecule has 0 bridgehead atoms. The summed E-state index contributed by atoms with van der Waals surface area (Å²) >= 11 is 0. The van der Waals surface area contributed by atoms with E-state index < -0.39 is 0 Å². The Labute approximate surface area is 141 Å². The van der Waals surface area contributed by atoms with Crippen LogP contribution in [0.2, 0.25) is 0 Å². The second kappa shape index (κ2) is 9.11. The zero-order chi connectivity index (χ0) is 17.2. The molecule has 24 heavy (non-hydrogen) atoms. The number of carbonyl (C=O) groups excluding carboxylic acids is 2. The van der Waals surface area contributed by atoms with Crippen molar-refractivity contribution >= 4 is 17.5 Å². The van der Waals surface area contributed by atoms with Gasteiger partial charge < -0.3 is 10.6 Å². The third kappa shape index (κ3) is 5.93. The lowest BCUT2D eigenvalue weighted by atomic mass is 10.1. The summed E-state index contributed by atoms with van der Waals surface area (Å²) in [7, 11) is 0. The molecule has 2 rings (SSSR count). The molecule has 5 heteroatoms. The Morgan fingerprint density at radius 1 is 0.958 bits per heavy atom. The van der Waals surface area contributed by atoms with Crippen LogP contribution in [0, 0.1) is 11.3 Å². The Kier molecular flexibility index (Phi) is 6.54. The maximum atomic E-state index is 11.8. The molecule has 5 nitrogen and oxygen atoms in total. The van der Waals surface area contributed by atoms with Crippen molar-refractivity contribution in [3.05, 3.63) is 65.7 Å². The van der Waals surface area contributed by atoms with Gasteiger partial charge >= 0.3 is 0 Å². The predicted octanol–water partition coefficient (Wildman–Crippen LogP) is 2.64. The molecule has 2 aromatic rings. The van der Waals surface area contributed by atoms with Gasteiger partial charge in [0.2, 0.25) is 11.8 Å². The molecule has 0 aliphatic heterocycles. The fourth-order valence-corrected chi connectivity index (χ4v) is 2.21. The van der Waals surface area contributed by atoms with Gasteiger partial charge in [-0.3, -0.25) is 9.59 Å². The van der Waals surface area contributed by atoms with Crippen molar-refractivity contribution in [1.82, 2.24) is 5.32 Å². The Bertz CT molecular complexity index is 719. The molecule has 0 fully saturated rings. The number of anilines is 1. The molecular formula is C19H19N3O2. The average molecular weight is 321 g/mol. The lowest BCUT2D eigenvalue weighted by molar-refractivity contribution is -0.126. The number of rotatable bonds is 7. The van der Waals surface area contributed by atoms with Crippen LogP contribution in [0.15, 0.2) is 54.6 Å². The van der Waals surface area contributed by atoms with E-state index in [-0.39, 0.29) is 18.2 Å². The number of nitrogens with one attached hydrogen (secondary N) is 2. The van der Waals surface area contributed by atoms with Gasteiger partial charge in [-0.05, 0) is 42.7 Å². The molecule has 2 aromatic carbocycles. The van der Waals surface area contributed by atoms with Crippen molar-refractivity contribution in [2.24, 2.45) is 0 Å². The Hall–Kier alpha value is -3.13. The molecule has 122 valence electrons. The molecule has 2 amide bonds. The monoisotopic (exact) mass is 321 g/mol. The molecule has 0 aliphatic carbocycles. The maximum Gasteiger partial charge on any atom is 0.233 e.